The molecule has 0 spiro atoms. The van der Waals surface area contributed by atoms with Gasteiger partial charge >= 0.3 is 0 Å². The number of hydrogen-bond acceptors (Lipinski definition) is 3. The van der Waals surface area contributed by atoms with Gasteiger partial charge in [0.15, 0.2) is 11.6 Å². The molecule has 0 aliphatic heterocycles. The zero-order valence-electron chi connectivity index (χ0n) is 18.9. The average molecular weight is 493 g/mol. The number of carbonyl (C=O) groups excluding carboxylic acids is 1. The summed E-state index contributed by atoms with van der Waals surface area (Å²) in [5, 5.41) is 5.16. The van der Waals surface area contributed by atoms with E-state index in [1.165, 1.54) is 22.6 Å². The minimum atomic E-state index is -3.98. The van der Waals surface area contributed by atoms with Gasteiger partial charge in [0.1, 0.15) is 5.69 Å². The quantitative estimate of drug-likeness (QED) is 0.390. The summed E-state index contributed by atoms with van der Waals surface area (Å²) in [6, 6.07) is 19.5. The molecule has 0 fully saturated rings. The van der Waals surface area contributed by atoms with Crippen LogP contribution in [0.3, 0.4) is 0 Å². The number of nitrogens with zero attached hydrogens (tertiary/aromatic N) is 1. The molecule has 0 bridgehead atoms. The first-order valence-corrected chi connectivity index (χ1v) is 12.9. The fraction of sp³-hybridized carbons (Fsp3) is 0.148. The molecule has 1 N–H and O–H groups in total. The lowest BCUT2D eigenvalue weighted by Gasteiger charge is -2.23. The van der Waals surface area contributed by atoms with E-state index in [-0.39, 0.29) is 12.5 Å². The van der Waals surface area contributed by atoms with Gasteiger partial charge in [-0.1, -0.05) is 42.5 Å². The van der Waals surface area contributed by atoms with Gasteiger partial charge in [-0.15, -0.1) is 0 Å². The zero-order chi connectivity index (χ0) is 24.7. The number of para-hydroxylation sites is 1. The second kappa shape index (κ2) is 8.78. The molecule has 0 heterocycles. The summed E-state index contributed by atoms with van der Waals surface area (Å²) in [6.45, 7) is -0.284. The molecule has 8 heteroatoms. The molecule has 1 aliphatic carbocycles. The van der Waals surface area contributed by atoms with Crippen LogP contribution in [0.25, 0.3) is 10.8 Å². The van der Waals surface area contributed by atoms with Crippen LogP contribution in [0.2, 0.25) is 0 Å². The van der Waals surface area contributed by atoms with Crippen molar-refractivity contribution < 1.29 is 22.0 Å². The summed E-state index contributed by atoms with van der Waals surface area (Å²) in [5.41, 5.74) is 3.49. The highest BCUT2D eigenvalue weighted by Gasteiger charge is 2.25. The van der Waals surface area contributed by atoms with E-state index in [0.29, 0.717) is 15.4 Å². The average Bonchev–Trinajstić information content (AvgIpc) is 3.24. The van der Waals surface area contributed by atoms with E-state index < -0.39 is 27.3 Å². The van der Waals surface area contributed by atoms with Crippen LogP contribution in [0.4, 0.5) is 20.2 Å². The predicted octanol–water partition coefficient (Wildman–Crippen LogP) is 5.44. The number of rotatable bonds is 6. The molecule has 0 aromatic heterocycles. The Balaban J connectivity index is 1.38. The maximum atomic E-state index is 14.3. The molecule has 178 valence electrons. The smallest absolute Gasteiger partial charge is 0.255 e. The lowest BCUT2D eigenvalue weighted by atomic mass is 10.0. The number of aryl methyl sites for hydroxylation is 2. The Morgan fingerprint density at radius 1 is 0.886 bits per heavy atom. The normalized spacial score (nSPS) is 12.7. The first kappa shape index (κ1) is 23.0. The van der Waals surface area contributed by atoms with Crippen molar-refractivity contribution >= 4 is 38.1 Å². The Labute approximate surface area is 202 Å². The van der Waals surface area contributed by atoms with Crippen LogP contribution in [0.5, 0.6) is 0 Å². The van der Waals surface area contributed by atoms with Crippen LogP contribution in [-0.2, 0) is 29.4 Å². The Hall–Kier alpha value is -3.78. The standard InChI is InChI=1S/C27H22F2N2O3S/c1-35(33,34)31(26-22(28)6-3-7-23(26)29)16-17-8-10-20(11-9-17)27(32)30-24-15-14-19-13-12-18-4-2-5-21(24)25(18)19/h2-11,14-15H,12-13,16H2,1H3,(H,30,32). The number of hydrogen-bond donors (Lipinski definition) is 1. The van der Waals surface area contributed by atoms with Crippen LogP contribution >= 0.6 is 0 Å². The van der Waals surface area contributed by atoms with Crippen molar-refractivity contribution in [1.29, 1.82) is 0 Å². The molecule has 1 aliphatic rings. The molecule has 0 saturated carbocycles. The topological polar surface area (TPSA) is 66.5 Å². The van der Waals surface area contributed by atoms with Crippen LogP contribution in [0.1, 0.15) is 27.0 Å². The molecule has 5 nitrogen and oxygen atoms in total. The van der Waals surface area contributed by atoms with Crippen molar-refractivity contribution in [3.63, 3.8) is 0 Å². The molecule has 0 radical (unpaired) electrons. The minimum absolute atomic E-state index is 0.284. The van der Waals surface area contributed by atoms with Crippen molar-refractivity contribution in [3.8, 4) is 0 Å². The Bertz CT molecular complexity index is 1540. The number of benzene rings is 4. The predicted molar refractivity (Wildman–Crippen MR) is 133 cm³/mol. The van der Waals surface area contributed by atoms with E-state index in [0.717, 1.165) is 42.3 Å². The Kier molecular flexibility index (Phi) is 5.76. The van der Waals surface area contributed by atoms with E-state index in [1.54, 1.807) is 24.3 Å². The van der Waals surface area contributed by atoms with Crippen molar-refractivity contribution in [2.45, 2.75) is 19.4 Å². The van der Waals surface area contributed by atoms with Crippen molar-refractivity contribution in [3.05, 3.63) is 107 Å². The molecule has 0 unspecified atom stereocenters. The first-order valence-electron chi connectivity index (χ1n) is 11.1. The van der Waals surface area contributed by atoms with Gasteiger partial charge in [0.2, 0.25) is 10.0 Å². The van der Waals surface area contributed by atoms with Crippen molar-refractivity contribution in [2.75, 3.05) is 15.9 Å². The van der Waals surface area contributed by atoms with Gasteiger partial charge in [-0.3, -0.25) is 9.10 Å². The maximum Gasteiger partial charge on any atom is 0.255 e. The molecular formula is C27H22F2N2O3S. The molecule has 4 aromatic carbocycles. The van der Waals surface area contributed by atoms with E-state index >= 15 is 0 Å². The third kappa shape index (κ3) is 4.37. The van der Waals surface area contributed by atoms with Gasteiger partial charge in [0.05, 0.1) is 12.8 Å². The van der Waals surface area contributed by atoms with Gasteiger partial charge < -0.3 is 5.32 Å². The van der Waals surface area contributed by atoms with E-state index in [1.807, 2.05) is 24.3 Å². The Morgan fingerprint density at radius 2 is 1.51 bits per heavy atom. The lowest BCUT2D eigenvalue weighted by molar-refractivity contribution is 0.102. The monoisotopic (exact) mass is 492 g/mol. The number of halogens is 2. The summed E-state index contributed by atoms with van der Waals surface area (Å²) < 4.78 is 53.8. The fourth-order valence-electron chi connectivity index (χ4n) is 4.57. The number of sulfonamides is 1. The van der Waals surface area contributed by atoms with Crippen LogP contribution in [0, 0.1) is 11.6 Å². The summed E-state index contributed by atoms with van der Waals surface area (Å²) in [5.74, 6) is -2.26. The first-order chi connectivity index (χ1) is 16.7. The molecule has 0 atom stereocenters. The number of carbonyl (C=O) groups is 1. The number of anilines is 2. The van der Waals surface area contributed by atoms with Gasteiger partial charge in [-0.25, -0.2) is 17.2 Å². The van der Waals surface area contributed by atoms with E-state index in [9.17, 15) is 22.0 Å². The van der Waals surface area contributed by atoms with Crippen molar-refractivity contribution in [1.82, 2.24) is 0 Å². The van der Waals surface area contributed by atoms with Crippen molar-refractivity contribution in [2.24, 2.45) is 0 Å². The molecular weight excluding hydrogens is 470 g/mol. The summed E-state index contributed by atoms with van der Waals surface area (Å²) >= 11 is 0. The Morgan fingerprint density at radius 3 is 2.17 bits per heavy atom. The minimum Gasteiger partial charge on any atom is -0.321 e. The highest BCUT2D eigenvalue weighted by molar-refractivity contribution is 7.92. The van der Waals surface area contributed by atoms with E-state index in [2.05, 4.69) is 11.4 Å². The molecule has 35 heavy (non-hydrogen) atoms. The molecule has 0 saturated heterocycles. The highest BCUT2D eigenvalue weighted by atomic mass is 32.2. The number of nitrogens with one attached hydrogen (secondary N) is 1. The second-order valence-electron chi connectivity index (χ2n) is 8.60. The maximum absolute atomic E-state index is 14.3. The highest BCUT2D eigenvalue weighted by Crippen LogP contribution is 2.35. The third-order valence-corrected chi connectivity index (χ3v) is 7.37. The molecule has 1 amide bonds. The molecule has 4 aromatic rings. The van der Waals surface area contributed by atoms with Crippen LogP contribution < -0.4 is 9.62 Å². The van der Waals surface area contributed by atoms with E-state index in [4.69, 9.17) is 0 Å². The second-order valence-corrected chi connectivity index (χ2v) is 10.5. The van der Waals surface area contributed by atoms with Gasteiger partial charge in [-0.05, 0) is 65.3 Å². The SMILES string of the molecule is CS(=O)(=O)N(Cc1ccc(C(=O)Nc2ccc3c4c(cccc24)CC3)cc1)c1c(F)cccc1F. The largest absolute Gasteiger partial charge is 0.321 e. The zero-order valence-corrected chi connectivity index (χ0v) is 19.7. The summed E-state index contributed by atoms with van der Waals surface area (Å²) in [7, 11) is -3.98. The summed E-state index contributed by atoms with van der Waals surface area (Å²) in [6.07, 6.45) is 2.87. The number of amides is 1. The molecule has 5 rings (SSSR count). The van der Waals surface area contributed by atoms with Crippen LogP contribution in [0.15, 0.2) is 72.8 Å². The summed E-state index contributed by atoms with van der Waals surface area (Å²) in [4.78, 5) is 12.9. The van der Waals surface area contributed by atoms with Gasteiger partial charge in [0.25, 0.3) is 5.91 Å². The van der Waals surface area contributed by atoms with Gasteiger partial charge in [-0.2, -0.15) is 0 Å². The van der Waals surface area contributed by atoms with Crippen LogP contribution in [-0.4, -0.2) is 20.6 Å². The third-order valence-electron chi connectivity index (χ3n) is 6.25. The van der Waals surface area contributed by atoms with Gasteiger partial charge in [0, 0.05) is 16.6 Å². The lowest BCUT2D eigenvalue weighted by Crippen LogP contribution is -2.31. The fourth-order valence-corrected chi connectivity index (χ4v) is 5.46.